The zero-order valence-corrected chi connectivity index (χ0v) is 14.9. The molecule has 2 aliphatic rings. The average Bonchev–Trinajstić information content (AvgIpc) is 2.77. The highest BCUT2D eigenvalue weighted by Gasteiger charge is 2.44. The van der Waals surface area contributed by atoms with Gasteiger partial charge >= 0.3 is 17.9 Å². The van der Waals surface area contributed by atoms with E-state index in [1.807, 2.05) is 19.1 Å². The van der Waals surface area contributed by atoms with E-state index < -0.39 is 30.1 Å². The minimum atomic E-state index is -0.606. The molecule has 1 fully saturated rings. The molecule has 3 atom stereocenters. The molecule has 136 valence electrons. The Hall–Kier alpha value is -2.37. The number of rotatable bonds is 3. The van der Waals surface area contributed by atoms with Crippen molar-refractivity contribution in [2.75, 3.05) is 6.61 Å². The summed E-state index contributed by atoms with van der Waals surface area (Å²) < 4.78 is 16.0. The number of fused-ring (bicyclic) bond motifs is 1. The van der Waals surface area contributed by atoms with Crippen LogP contribution in [0.25, 0.3) is 0 Å². The van der Waals surface area contributed by atoms with Crippen molar-refractivity contribution in [2.24, 2.45) is 5.92 Å². The van der Waals surface area contributed by atoms with Crippen LogP contribution in [0.2, 0.25) is 0 Å². The minimum absolute atomic E-state index is 0.133. The summed E-state index contributed by atoms with van der Waals surface area (Å²) in [5, 5.41) is 0. The molecular weight excluding hydrogens is 324 g/mol. The van der Waals surface area contributed by atoms with E-state index in [0.29, 0.717) is 12.0 Å². The normalized spacial score (nSPS) is 28.8. The van der Waals surface area contributed by atoms with Crippen molar-refractivity contribution in [3.8, 4) is 0 Å². The quantitative estimate of drug-likeness (QED) is 0.338. The molecular formula is C19H24O6. The van der Waals surface area contributed by atoms with Crippen LogP contribution in [0, 0.1) is 5.92 Å². The summed E-state index contributed by atoms with van der Waals surface area (Å²) in [5.41, 5.74) is 2.22. The van der Waals surface area contributed by atoms with Gasteiger partial charge in [-0.15, -0.1) is 0 Å². The largest absolute Gasteiger partial charge is 0.461 e. The SMILES string of the molecule is C=C1C(=O)O[C@@H]2C=C(C)CC/C=C(/COC(C)=O)C[C@@H](OC(C)=O)[C@@H]12. The van der Waals surface area contributed by atoms with Crippen molar-refractivity contribution in [1.82, 2.24) is 0 Å². The monoisotopic (exact) mass is 348 g/mol. The summed E-state index contributed by atoms with van der Waals surface area (Å²) in [5.74, 6) is -1.74. The molecule has 2 rings (SSSR count). The van der Waals surface area contributed by atoms with Gasteiger partial charge in [0.15, 0.2) is 0 Å². The molecule has 25 heavy (non-hydrogen) atoms. The fourth-order valence-electron chi connectivity index (χ4n) is 3.16. The molecule has 0 spiro atoms. The molecule has 0 aromatic carbocycles. The molecule has 0 radical (unpaired) electrons. The lowest BCUT2D eigenvalue weighted by Crippen LogP contribution is -2.33. The lowest BCUT2D eigenvalue weighted by atomic mass is 9.85. The van der Waals surface area contributed by atoms with Gasteiger partial charge in [0.25, 0.3) is 0 Å². The van der Waals surface area contributed by atoms with E-state index in [0.717, 1.165) is 24.0 Å². The maximum atomic E-state index is 12.0. The topological polar surface area (TPSA) is 78.9 Å². The third-order valence-electron chi connectivity index (χ3n) is 4.32. The van der Waals surface area contributed by atoms with Crippen molar-refractivity contribution in [1.29, 1.82) is 0 Å². The minimum Gasteiger partial charge on any atom is -0.461 e. The summed E-state index contributed by atoms with van der Waals surface area (Å²) in [7, 11) is 0. The highest BCUT2D eigenvalue weighted by molar-refractivity contribution is 5.91. The highest BCUT2D eigenvalue weighted by atomic mass is 16.6. The first kappa shape index (κ1) is 19.0. The number of esters is 3. The van der Waals surface area contributed by atoms with Gasteiger partial charge in [0.05, 0.1) is 5.92 Å². The molecule has 0 bridgehead atoms. The molecule has 1 aliphatic heterocycles. The van der Waals surface area contributed by atoms with Gasteiger partial charge in [-0.05, 0) is 31.4 Å². The van der Waals surface area contributed by atoms with Gasteiger partial charge in [0.2, 0.25) is 0 Å². The van der Waals surface area contributed by atoms with Gasteiger partial charge in [-0.25, -0.2) is 4.79 Å². The lowest BCUT2D eigenvalue weighted by Gasteiger charge is -2.27. The molecule has 1 heterocycles. The fourth-order valence-corrected chi connectivity index (χ4v) is 3.16. The fraction of sp³-hybridized carbons (Fsp3) is 0.526. The van der Waals surface area contributed by atoms with E-state index in [1.54, 1.807) is 0 Å². The second kappa shape index (κ2) is 8.14. The van der Waals surface area contributed by atoms with Crippen molar-refractivity contribution in [3.63, 3.8) is 0 Å². The van der Waals surface area contributed by atoms with Crippen LogP contribution in [0.15, 0.2) is 35.5 Å². The van der Waals surface area contributed by atoms with Crippen LogP contribution in [-0.4, -0.2) is 36.7 Å². The predicted octanol–water partition coefficient (Wildman–Crippen LogP) is 2.64. The average molecular weight is 348 g/mol. The van der Waals surface area contributed by atoms with Crippen LogP contribution in [0.4, 0.5) is 0 Å². The highest BCUT2D eigenvalue weighted by Crippen LogP contribution is 2.36. The van der Waals surface area contributed by atoms with Crippen LogP contribution in [0.5, 0.6) is 0 Å². The zero-order valence-electron chi connectivity index (χ0n) is 14.9. The van der Waals surface area contributed by atoms with E-state index >= 15 is 0 Å². The van der Waals surface area contributed by atoms with Crippen molar-refractivity contribution < 1.29 is 28.6 Å². The molecule has 0 N–H and O–H groups in total. The van der Waals surface area contributed by atoms with Gasteiger partial charge in [0, 0.05) is 25.8 Å². The second-order valence-corrected chi connectivity index (χ2v) is 6.47. The van der Waals surface area contributed by atoms with Crippen LogP contribution >= 0.6 is 0 Å². The smallest absolute Gasteiger partial charge is 0.334 e. The van der Waals surface area contributed by atoms with Crippen LogP contribution in [-0.2, 0) is 28.6 Å². The molecule has 1 aliphatic carbocycles. The van der Waals surface area contributed by atoms with Crippen LogP contribution < -0.4 is 0 Å². The van der Waals surface area contributed by atoms with Gasteiger partial charge in [0.1, 0.15) is 18.8 Å². The van der Waals surface area contributed by atoms with Gasteiger partial charge in [-0.3, -0.25) is 9.59 Å². The molecule has 0 unspecified atom stereocenters. The van der Waals surface area contributed by atoms with Crippen LogP contribution in [0.3, 0.4) is 0 Å². The number of hydrogen-bond donors (Lipinski definition) is 0. The number of ether oxygens (including phenoxy) is 3. The zero-order chi connectivity index (χ0) is 18.6. The van der Waals surface area contributed by atoms with E-state index in [2.05, 4.69) is 6.58 Å². The molecule has 0 aromatic rings. The number of hydrogen-bond acceptors (Lipinski definition) is 6. The van der Waals surface area contributed by atoms with E-state index in [-0.39, 0.29) is 12.6 Å². The first-order chi connectivity index (χ1) is 11.8. The van der Waals surface area contributed by atoms with E-state index in [4.69, 9.17) is 14.2 Å². The summed E-state index contributed by atoms with van der Waals surface area (Å²) >= 11 is 0. The van der Waals surface area contributed by atoms with Gasteiger partial charge in [-0.2, -0.15) is 0 Å². The number of carbonyl (C=O) groups is 3. The Kier molecular flexibility index (Phi) is 6.17. The summed E-state index contributed by atoms with van der Waals surface area (Å²) in [4.78, 5) is 34.7. The number of carbonyl (C=O) groups excluding carboxylic acids is 3. The third-order valence-corrected chi connectivity index (χ3v) is 4.32. The molecule has 0 amide bonds. The van der Waals surface area contributed by atoms with E-state index in [1.165, 1.54) is 13.8 Å². The molecule has 6 heteroatoms. The van der Waals surface area contributed by atoms with Crippen molar-refractivity contribution >= 4 is 17.9 Å². The molecule has 0 aromatic heterocycles. The van der Waals surface area contributed by atoms with Gasteiger partial charge < -0.3 is 14.2 Å². The maximum Gasteiger partial charge on any atom is 0.334 e. The Morgan fingerprint density at radius 3 is 2.68 bits per heavy atom. The Balaban J connectivity index is 2.35. The first-order valence-corrected chi connectivity index (χ1v) is 8.33. The molecule has 6 nitrogen and oxygen atoms in total. The van der Waals surface area contributed by atoms with Gasteiger partial charge in [-0.1, -0.05) is 18.2 Å². The molecule has 0 saturated carbocycles. The predicted molar refractivity (Wildman–Crippen MR) is 90.4 cm³/mol. The van der Waals surface area contributed by atoms with Crippen LogP contribution in [0.1, 0.15) is 40.0 Å². The summed E-state index contributed by atoms with van der Waals surface area (Å²) in [6.07, 6.45) is 4.71. The Bertz CT molecular complexity index is 642. The summed E-state index contributed by atoms with van der Waals surface area (Å²) in [6.45, 7) is 8.60. The number of allylic oxidation sites excluding steroid dienone is 2. The Morgan fingerprint density at radius 1 is 1.32 bits per heavy atom. The summed E-state index contributed by atoms with van der Waals surface area (Å²) in [6, 6.07) is 0. The molecule has 1 saturated heterocycles. The van der Waals surface area contributed by atoms with E-state index in [9.17, 15) is 14.4 Å². The third kappa shape index (κ3) is 5.05. The first-order valence-electron chi connectivity index (χ1n) is 8.33. The Labute approximate surface area is 147 Å². The second-order valence-electron chi connectivity index (χ2n) is 6.47. The van der Waals surface area contributed by atoms with Crippen molar-refractivity contribution in [3.05, 3.63) is 35.5 Å². The maximum absolute atomic E-state index is 12.0. The Morgan fingerprint density at radius 2 is 2.04 bits per heavy atom. The van der Waals surface area contributed by atoms with Crippen molar-refractivity contribution in [2.45, 2.75) is 52.2 Å². The lowest BCUT2D eigenvalue weighted by molar-refractivity contribution is -0.149. The standard InChI is InChI=1S/C19H24O6/c1-11-6-5-7-15(10-23-13(3)20)9-17(24-14(4)21)18-12(2)19(22)25-16(18)8-11/h7-8,16-18H,2,5-6,9-10H2,1,3-4H3/b11-8?,15-7+/t16-,17-,18+/m1/s1.